The molecule has 9 heteroatoms. The van der Waals surface area contributed by atoms with Gasteiger partial charge in [0.25, 0.3) is 10.0 Å². The van der Waals surface area contributed by atoms with E-state index in [0.717, 1.165) is 9.50 Å². The Kier molecular flexibility index (Phi) is 5.12. The number of hydrogen-bond acceptors (Lipinski definition) is 3. The molecule has 90 valence electrons. The summed E-state index contributed by atoms with van der Waals surface area (Å²) in [6.45, 7) is 0.273. The van der Waals surface area contributed by atoms with Gasteiger partial charge in [0.15, 0.2) is 0 Å². The third kappa shape index (κ3) is 3.63. The quantitative estimate of drug-likeness (QED) is 0.799. The lowest BCUT2D eigenvalue weighted by atomic mass is 10.2. The maximum absolute atomic E-state index is 11.5. The smallest absolute Gasteiger partial charge is 0.204 e. The molecule has 0 aromatic heterocycles. The molecule has 16 heavy (non-hydrogen) atoms. The van der Waals surface area contributed by atoms with Crippen molar-refractivity contribution in [1.29, 1.82) is 0 Å². The zero-order chi connectivity index (χ0) is 12.3. The van der Waals surface area contributed by atoms with Crippen molar-refractivity contribution >= 4 is 57.1 Å². The molecule has 0 spiro atoms. The van der Waals surface area contributed by atoms with Crippen molar-refractivity contribution in [3.8, 4) is 0 Å². The van der Waals surface area contributed by atoms with Crippen LogP contribution in [0.15, 0.2) is 29.2 Å². The van der Waals surface area contributed by atoms with Crippen LogP contribution in [0.2, 0.25) is 0 Å². The van der Waals surface area contributed by atoms with Crippen LogP contribution in [0, 0.1) is 0 Å². The Bertz CT molecular complexity index is 446. The van der Waals surface area contributed by atoms with Gasteiger partial charge in [-0.2, -0.15) is 0 Å². The van der Waals surface area contributed by atoms with Gasteiger partial charge in [0.05, 0.1) is 11.4 Å². The highest BCUT2D eigenvalue weighted by molar-refractivity contribution is 7.91. The van der Waals surface area contributed by atoms with E-state index in [1.807, 2.05) is 0 Å². The highest BCUT2D eigenvalue weighted by atomic mass is 35.5. The maximum Gasteiger partial charge on any atom is 0.270 e. The standard InChI is InChI=1S/C7H6Cl4N2O2S/c8-12(9)5-6-1-3-7(4-2-6)16(14,15)13(10)11/h1-4H,5H2. The second-order valence-corrected chi connectivity index (χ2v) is 6.81. The Hall–Kier alpha value is 0.250. The van der Waals surface area contributed by atoms with Gasteiger partial charge in [0.2, 0.25) is 0 Å². The molecule has 0 bridgehead atoms. The van der Waals surface area contributed by atoms with Crippen LogP contribution in [-0.2, 0) is 16.6 Å². The molecule has 1 rings (SSSR count). The van der Waals surface area contributed by atoms with E-state index >= 15 is 0 Å². The fraction of sp³-hybridized carbons (Fsp3) is 0.143. The number of nitrogens with zero attached hydrogens (tertiary/aromatic N) is 2. The predicted octanol–water partition coefficient (Wildman–Crippen LogP) is 3.09. The van der Waals surface area contributed by atoms with Gasteiger partial charge < -0.3 is 0 Å². The Labute approximate surface area is 114 Å². The SMILES string of the molecule is O=S(=O)(c1ccc(CN(Cl)Cl)cc1)N(Cl)Cl. The van der Waals surface area contributed by atoms with Crippen molar-refractivity contribution in [2.24, 2.45) is 0 Å². The summed E-state index contributed by atoms with van der Waals surface area (Å²) in [6.07, 6.45) is 0. The van der Waals surface area contributed by atoms with Crippen molar-refractivity contribution < 1.29 is 8.42 Å². The maximum atomic E-state index is 11.5. The summed E-state index contributed by atoms with van der Waals surface area (Å²) in [5.41, 5.74) is 0.750. The van der Waals surface area contributed by atoms with Crippen molar-refractivity contribution in [2.75, 3.05) is 0 Å². The molecule has 0 saturated carbocycles. The second-order valence-electron chi connectivity index (χ2n) is 2.78. The van der Waals surface area contributed by atoms with E-state index in [4.69, 9.17) is 47.1 Å². The molecule has 0 N–H and O–H groups in total. The van der Waals surface area contributed by atoms with Crippen molar-refractivity contribution in [3.63, 3.8) is 0 Å². The molecule has 0 unspecified atom stereocenters. The largest absolute Gasteiger partial charge is 0.270 e. The Balaban J connectivity index is 2.96. The number of hydrogen-bond donors (Lipinski definition) is 0. The van der Waals surface area contributed by atoms with Gasteiger partial charge >= 0.3 is 0 Å². The highest BCUT2D eigenvalue weighted by Crippen LogP contribution is 2.20. The normalized spacial score (nSPS) is 12.4. The first kappa shape index (κ1) is 14.3. The molecule has 0 heterocycles. The van der Waals surface area contributed by atoms with E-state index in [2.05, 4.69) is 0 Å². The average molecular weight is 324 g/mol. The van der Waals surface area contributed by atoms with Crippen molar-refractivity contribution in [2.45, 2.75) is 11.4 Å². The van der Waals surface area contributed by atoms with Gasteiger partial charge in [-0.25, -0.2) is 8.42 Å². The topological polar surface area (TPSA) is 40.6 Å². The van der Waals surface area contributed by atoms with E-state index in [1.165, 1.54) is 12.1 Å². The lowest BCUT2D eigenvalue weighted by Gasteiger charge is -2.08. The predicted molar refractivity (Wildman–Crippen MR) is 64.4 cm³/mol. The van der Waals surface area contributed by atoms with E-state index in [9.17, 15) is 8.42 Å². The van der Waals surface area contributed by atoms with Crippen LogP contribution in [-0.4, -0.2) is 15.7 Å². The molecule has 0 aliphatic heterocycles. The van der Waals surface area contributed by atoms with Crippen molar-refractivity contribution in [1.82, 2.24) is 7.28 Å². The average Bonchev–Trinajstić information content (AvgIpc) is 2.17. The zero-order valence-electron chi connectivity index (χ0n) is 7.65. The van der Waals surface area contributed by atoms with E-state index in [1.54, 1.807) is 12.1 Å². The number of benzene rings is 1. The molecule has 0 amide bonds. The summed E-state index contributed by atoms with van der Waals surface area (Å²) in [5.74, 6) is 0. The molecular weight excluding hydrogens is 318 g/mol. The first-order valence-electron chi connectivity index (χ1n) is 3.89. The van der Waals surface area contributed by atoms with Gasteiger partial charge in [-0.15, -0.1) is 3.94 Å². The van der Waals surface area contributed by atoms with Crippen LogP contribution in [0.25, 0.3) is 0 Å². The molecule has 0 radical (unpaired) electrons. The number of sulfonamides is 1. The van der Waals surface area contributed by atoms with Gasteiger partial charge in [0.1, 0.15) is 0 Å². The Morgan fingerprint density at radius 3 is 1.88 bits per heavy atom. The number of rotatable bonds is 4. The summed E-state index contributed by atoms with van der Waals surface area (Å²) in [7, 11) is -3.84. The minimum absolute atomic E-state index is 0.0167. The van der Waals surface area contributed by atoms with Crippen LogP contribution in [0.1, 0.15) is 5.56 Å². The van der Waals surface area contributed by atoms with E-state index in [0.29, 0.717) is 0 Å². The lowest BCUT2D eigenvalue weighted by Crippen LogP contribution is -2.12. The van der Waals surface area contributed by atoms with Crippen LogP contribution in [0.4, 0.5) is 0 Å². The Morgan fingerprint density at radius 1 is 1.00 bits per heavy atom. The fourth-order valence-corrected chi connectivity index (χ4v) is 2.38. The first-order valence-corrected chi connectivity index (χ1v) is 6.68. The highest BCUT2D eigenvalue weighted by Gasteiger charge is 2.20. The number of halogens is 4. The molecular formula is C7H6Cl4N2O2S. The molecule has 4 nitrogen and oxygen atoms in total. The van der Waals surface area contributed by atoms with Gasteiger partial charge in [-0.3, -0.25) is 0 Å². The third-order valence-corrected chi connectivity index (χ3v) is 4.27. The summed E-state index contributed by atoms with van der Waals surface area (Å²) >= 11 is 21.2. The van der Waals surface area contributed by atoms with Gasteiger partial charge in [-0.05, 0) is 44.6 Å². The zero-order valence-corrected chi connectivity index (χ0v) is 11.5. The van der Waals surface area contributed by atoms with E-state index in [-0.39, 0.29) is 14.8 Å². The summed E-state index contributed by atoms with van der Waals surface area (Å²) in [6, 6.07) is 5.84. The van der Waals surface area contributed by atoms with Crippen LogP contribution < -0.4 is 0 Å². The van der Waals surface area contributed by atoms with Crippen molar-refractivity contribution in [3.05, 3.63) is 29.8 Å². The molecule has 1 aromatic rings. The molecule has 1 aromatic carbocycles. The molecule has 0 saturated heterocycles. The molecule has 0 fully saturated rings. The monoisotopic (exact) mass is 322 g/mol. The fourth-order valence-electron chi connectivity index (χ4n) is 0.985. The lowest BCUT2D eigenvalue weighted by molar-refractivity contribution is 0.579. The minimum atomic E-state index is -3.84. The Morgan fingerprint density at radius 2 is 1.50 bits per heavy atom. The molecule has 0 aliphatic carbocycles. The second kappa shape index (κ2) is 5.73. The van der Waals surface area contributed by atoms with Crippen LogP contribution in [0.5, 0.6) is 0 Å². The summed E-state index contributed by atoms with van der Waals surface area (Å²) in [4.78, 5) is -0.0167. The van der Waals surface area contributed by atoms with Gasteiger partial charge in [0, 0.05) is 23.6 Å². The summed E-state index contributed by atoms with van der Waals surface area (Å²) < 4.78 is 24.0. The molecule has 0 aliphatic rings. The van der Waals surface area contributed by atoms with Crippen LogP contribution in [0.3, 0.4) is 0 Å². The van der Waals surface area contributed by atoms with Gasteiger partial charge in [-0.1, -0.05) is 12.1 Å². The van der Waals surface area contributed by atoms with E-state index < -0.39 is 10.0 Å². The molecule has 0 atom stereocenters. The summed E-state index contributed by atoms with van der Waals surface area (Å²) in [5, 5.41) is 0. The minimum Gasteiger partial charge on any atom is -0.204 e. The van der Waals surface area contributed by atoms with Crippen LogP contribution >= 0.6 is 47.1 Å². The third-order valence-electron chi connectivity index (χ3n) is 1.71. The first-order chi connectivity index (χ1) is 7.34.